The molecule has 0 aliphatic heterocycles. The monoisotopic (exact) mass is 315 g/mol. The molecular formula is C16H17N3O2S. The van der Waals surface area contributed by atoms with E-state index in [0.29, 0.717) is 0 Å². The molecular weight excluding hydrogens is 298 g/mol. The minimum atomic E-state index is -0.791. The van der Waals surface area contributed by atoms with E-state index in [9.17, 15) is 9.90 Å². The molecule has 0 saturated carbocycles. The second-order valence-corrected chi connectivity index (χ2v) is 5.93. The number of para-hydroxylation sites is 2. The van der Waals surface area contributed by atoms with Crippen molar-refractivity contribution < 1.29 is 9.90 Å². The van der Waals surface area contributed by atoms with Crippen LogP contribution in [0.5, 0.6) is 0 Å². The van der Waals surface area contributed by atoms with Crippen molar-refractivity contribution in [2.24, 2.45) is 0 Å². The Labute approximate surface area is 132 Å². The smallest absolute Gasteiger partial charge is 0.305 e. The molecule has 1 atom stereocenters. The molecule has 2 heterocycles. The molecule has 22 heavy (non-hydrogen) atoms. The second kappa shape index (κ2) is 6.27. The molecule has 0 saturated heterocycles. The number of aromatic nitrogens is 3. The molecule has 0 aliphatic carbocycles. The molecule has 0 radical (unpaired) electrons. The molecule has 2 aromatic heterocycles. The van der Waals surface area contributed by atoms with Crippen LogP contribution in [-0.2, 0) is 4.79 Å². The van der Waals surface area contributed by atoms with E-state index in [1.807, 2.05) is 34.2 Å². The predicted octanol–water partition coefficient (Wildman–Crippen LogP) is 3.98. The fraction of sp³-hybridized carbons (Fsp3) is 0.312. The van der Waals surface area contributed by atoms with Gasteiger partial charge in [0, 0.05) is 11.4 Å². The Kier molecular flexibility index (Phi) is 4.20. The SMILES string of the molecule is CCCC(CC(=O)O)n1c(-c2cscn2)nc2ccccc21. The number of hydrogen-bond donors (Lipinski definition) is 1. The molecule has 1 unspecified atom stereocenters. The largest absolute Gasteiger partial charge is 0.481 e. The van der Waals surface area contributed by atoms with Gasteiger partial charge in [0.2, 0.25) is 0 Å². The molecule has 5 nitrogen and oxygen atoms in total. The van der Waals surface area contributed by atoms with Crippen LogP contribution in [0.3, 0.4) is 0 Å². The van der Waals surface area contributed by atoms with Gasteiger partial charge in [-0.15, -0.1) is 11.3 Å². The molecule has 0 aliphatic rings. The number of hydrogen-bond acceptors (Lipinski definition) is 4. The zero-order valence-corrected chi connectivity index (χ0v) is 13.1. The minimum Gasteiger partial charge on any atom is -0.481 e. The fourth-order valence-electron chi connectivity index (χ4n) is 2.77. The second-order valence-electron chi connectivity index (χ2n) is 5.21. The minimum absolute atomic E-state index is 0.0886. The van der Waals surface area contributed by atoms with Crippen LogP contribution >= 0.6 is 11.3 Å². The number of thiazole rings is 1. The van der Waals surface area contributed by atoms with E-state index in [1.165, 1.54) is 11.3 Å². The zero-order valence-electron chi connectivity index (χ0n) is 12.3. The van der Waals surface area contributed by atoms with Crippen molar-refractivity contribution in [2.75, 3.05) is 0 Å². The summed E-state index contributed by atoms with van der Waals surface area (Å²) >= 11 is 1.51. The maximum atomic E-state index is 11.3. The molecule has 0 fully saturated rings. The Hall–Kier alpha value is -2.21. The summed E-state index contributed by atoms with van der Waals surface area (Å²) in [5.41, 5.74) is 4.40. The number of carboxylic acid groups (broad SMARTS) is 1. The van der Waals surface area contributed by atoms with E-state index in [0.717, 1.165) is 35.4 Å². The van der Waals surface area contributed by atoms with Crippen LogP contribution in [0, 0.1) is 0 Å². The summed E-state index contributed by atoms with van der Waals surface area (Å²) in [6, 6.07) is 7.71. The molecule has 6 heteroatoms. The van der Waals surface area contributed by atoms with E-state index in [1.54, 1.807) is 5.51 Å². The number of benzene rings is 1. The van der Waals surface area contributed by atoms with Gasteiger partial charge in [0.15, 0.2) is 5.82 Å². The first kappa shape index (κ1) is 14.7. The third kappa shape index (κ3) is 2.74. The number of nitrogens with zero attached hydrogens (tertiary/aromatic N) is 3. The maximum Gasteiger partial charge on any atom is 0.305 e. The summed E-state index contributed by atoms with van der Waals surface area (Å²) in [4.78, 5) is 20.3. The van der Waals surface area contributed by atoms with Crippen LogP contribution in [-0.4, -0.2) is 25.6 Å². The fourth-order valence-corrected chi connectivity index (χ4v) is 3.31. The number of rotatable bonds is 6. The number of imidazole rings is 1. The van der Waals surface area contributed by atoms with Crippen molar-refractivity contribution in [3.63, 3.8) is 0 Å². The molecule has 1 N–H and O–H groups in total. The average Bonchev–Trinajstić information content (AvgIpc) is 3.13. The highest BCUT2D eigenvalue weighted by molar-refractivity contribution is 7.07. The average molecular weight is 315 g/mol. The maximum absolute atomic E-state index is 11.3. The number of fused-ring (bicyclic) bond motifs is 1. The van der Waals surface area contributed by atoms with E-state index in [-0.39, 0.29) is 12.5 Å². The highest BCUT2D eigenvalue weighted by Crippen LogP contribution is 2.31. The van der Waals surface area contributed by atoms with Crippen molar-refractivity contribution in [2.45, 2.75) is 32.2 Å². The quantitative estimate of drug-likeness (QED) is 0.747. The third-order valence-corrected chi connectivity index (χ3v) is 4.24. The first-order valence-electron chi connectivity index (χ1n) is 7.28. The Bertz CT molecular complexity index is 780. The molecule has 114 valence electrons. The van der Waals surface area contributed by atoms with Gasteiger partial charge in [-0.2, -0.15) is 0 Å². The molecule has 0 bridgehead atoms. The third-order valence-electron chi connectivity index (χ3n) is 3.65. The molecule has 1 aromatic carbocycles. The van der Waals surface area contributed by atoms with Crippen LogP contribution in [0.15, 0.2) is 35.2 Å². The Balaban J connectivity index is 2.20. The lowest BCUT2D eigenvalue weighted by molar-refractivity contribution is -0.137. The number of carboxylic acids is 1. The summed E-state index contributed by atoms with van der Waals surface area (Å²) in [6.45, 7) is 2.07. The van der Waals surface area contributed by atoms with Gasteiger partial charge in [0.1, 0.15) is 5.69 Å². The first-order valence-corrected chi connectivity index (χ1v) is 8.22. The van der Waals surface area contributed by atoms with Gasteiger partial charge >= 0.3 is 5.97 Å². The van der Waals surface area contributed by atoms with Crippen molar-refractivity contribution in [3.8, 4) is 11.5 Å². The number of aliphatic carboxylic acids is 1. The summed E-state index contributed by atoms with van der Waals surface area (Å²) in [6.07, 6.45) is 1.80. The van der Waals surface area contributed by atoms with Crippen molar-refractivity contribution >= 4 is 28.3 Å². The number of carbonyl (C=O) groups is 1. The van der Waals surface area contributed by atoms with Crippen LogP contribution in [0.4, 0.5) is 0 Å². The standard InChI is InChI=1S/C16H17N3O2S/c1-2-5-11(8-15(20)21)19-14-7-4-3-6-12(14)18-16(19)13-9-22-10-17-13/h3-4,6-7,9-11H,2,5,8H2,1H3,(H,20,21). The molecule has 0 amide bonds. The first-order chi connectivity index (χ1) is 10.7. The van der Waals surface area contributed by atoms with Crippen LogP contribution in [0.1, 0.15) is 32.2 Å². The lowest BCUT2D eigenvalue weighted by atomic mass is 10.1. The van der Waals surface area contributed by atoms with Gasteiger partial charge in [0.25, 0.3) is 0 Å². The Morgan fingerprint density at radius 2 is 2.23 bits per heavy atom. The molecule has 0 spiro atoms. The van der Waals surface area contributed by atoms with Gasteiger partial charge in [-0.05, 0) is 18.6 Å². The topological polar surface area (TPSA) is 68.0 Å². The van der Waals surface area contributed by atoms with Crippen molar-refractivity contribution in [3.05, 3.63) is 35.2 Å². The summed E-state index contributed by atoms with van der Waals surface area (Å²) in [5, 5.41) is 11.2. The van der Waals surface area contributed by atoms with Gasteiger partial charge < -0.3 is 9.67 Å². The summed E-state index contributed by atoms with van der Waals surface area (Å²) < 4.78 is 2.04. The van der Waals surface area contributed by atoms with Crippen LogP contribution in [0.25, 0.3) is 22.6 Å². The molecule has 3 rings (SSSR count). The normalized spacial score (nSPS) is 12.6. The van der Waals surface area contributed by atoms with Gasteiger partial charge in [-0.25, -0.2) is 9.97 Å². The van der Waals surface area contributed by atoms with E-state index < -0.39 is 5.97 Å². The van der Waals surface area contributed by atoms with E-state index >= 15 is 0 Å². The van der Waals surface area contributed by atoms with Crippen LogP contribution < -0.4 is 0 Å². The zero-order chi connectivity index (χ0) is 15.5. The van der Waals surface area contributed by atoms with Gasteiger partial charge in [0.05, 0.1) is 23.0 Å². The van der Waals surface area contributed by atoms with Gasteiger partial charge in [-0.1, -0.05) is 25.5 Å². The summed E-state index contributed by atoms with van der Waals surface area (Å²) in [5.74, 6) is -0.0393. The lowest BCUT2D eigenvalue weighted by Crippen LogP contribution is -2.15. The lowest BCUT2D eigenvalue weighted by Gasteiger charge is -2.19. The van der Waals surface area contributed by atoms with Crippen molar-refractivity contribution in [1.29, 1.82) is 0 Å². The highest BCUT2D eigenvalue weighted by Gasteiger charge is 2.22. The van der Waals surface area contributed by atoms with Crippen molar-refractivity contribution in [1.82, 2.24) is 14.5 Å². The van der Waals surface area contributed by atoms with E-state index in [2.05, 4.69) is 16.9 Å². The Morgan fingerprint density at radius 3 is 2.91 bits per heavy atom. The van der Waals surface area contributed by atoms with Gasteiger partial charge in [-0.3, -0.25) is 4.79 Å². The predicted molar refractivity (Wildman–Crippen MR) is 87.0 cm³/mol. The van der Waals surface area contributed by atoms with Crippen LogP contribution in [0.2, 0.25) is 0 Å². The summed E-state index contributed by atoms with van der Waals surface area (Å²) in [7, 11) is 0. The van der Waals surface area contributed by atoms with E-state index in [4.69, 9.17) is 0 Å². The molecule has 3 aromatic rings. The highest BCUT2D eigenvalue weighted by atomic mass is 32.1. The Morgan fingerprint density at radius 1 is 1.41 bits per heavy atom.